The van der Waals surface area contributed by atoms with Gasteiger partial charge in [-0.25, -0.2) is 4.98 Å². The van der Waals surface area contributed by atoms with Gasteiger partial charge in [-0.05, 0) is 29.8 Å². The number of primary amides is 1. The highest BCUT2D eigenvalue weighted by atomic mass is 35.5. The first-order chi connectivity index (χ1) is 13.3. The van der Waals surface area contributed by atoms with E-state index in [1.165, 1.54) is 18.3 Å². The molecule has 156 valence electrons. The second-order valence-corrected chi connectivity index (χ2v) is 6.30. The standard InChI is InChI=1S/C17H12ClF6N3O2/c18-13-2-1-8(7-26-13)3-12(14(25)28)27-15(29)9-4-10(16(19,20)21)6-11(5-9)17(22,23)24/h1-2,4-7,12H,3H2,(H2,25,28)(H,27,29)/t12-/m0/s1. The van der Waals surface area contributed by atoms with Crippen molar-refractivity contribution in [3.05, 3.63) is 63.9 Å². The molecule has 0 fully saturated rings. The van der Waals surface area contributed by atoms with E-state index in [1.54, 1.807) is 0 Å². The molecule has 0 bridgehead atoms. The van der Waals surface area contributed by atoms with Crippen molar-refractivity contribution >= 4 is 23.4 Å². The Kier molecular flexibility index (Phi) is 6.41. The van der Waals surface area contributed by atoms with Crippen LogP contribution < -0.4 is 11.1 Å². The van der Waals surface area contributed by atoms with Crippen molar-refractivity contribution in [1.82, 2.24) is 10.3 Å². The summed E-state index contributed by atoms with van der Waals surface area (Å²) < 4.78 is 77.5. The Morgan fingerprint density at radius 3 is 2.00 bits per heavy atom. The molecule has 2 amide bonds. The number of nitrogens with zero attached hydrogens (tertiary/aromatic N) is 1. The molecule has 0 unspecified atom stereocenters. The van der Waals surface area contributed by atoms with Crippen LogP contribution in [-0.4, -0.2) is 22.8 Å². The Labute approximate surface area is 164 Å². The smallest absolute Gasteiger partial charge is 0.368 e. The van der Waals surface area contributed by atoms with Gasteiger partial charge in [-0.15, -0.1) is 0 Å². The zero-order valence-corrected chi connectivity index (χ0v) is 15.0. The summed E-state index contributed by atoms with van der Waals surface area (Å²) >= 11 is 5.62. The number of hydrogen-bond donors (Lipinski definition) is 2. The molecule has 0 aliphatic heterocycles. The van der Waals surface area contributed by atoms with Gasteiger partial charge in [0.15, 0.2) is 0 Å². The third-order valence-corrected chi connectivity index (χ3v) is 3.95. The molecule has 1 aromatic heterocycles. The van der Waals surface area contributed by atoms with Crippen LogP contribution in [0.15, 0.2) is 36.5 Å². The van der Waals surface area contributed by atoms with E-state index >= 15 is 0 Å². The maximum Gasteiger partial charge on any atom is 0.416 e. The first-order valence-electron chi connectivity index (χ1n) is 7.77. The van der Waals surface area contributed by atoms with E-state index in [4.69, 9.17) is 17.3 Å². The Hall–Kier alpha value is -2.82. The summed E-state index contributed by atoms with van der Waals surface area (Å²) in [5.41, 5.74) is 1.34. The van der Waals surface area contributed by atoms with E-state index in [9.17, 15) is 35.9 Å². The topological polar surface area (TPSA) is 85.1 Å². The van der Waals surface area contributed by atoms with Crippen LogP contribution in [0.25, 0.3) is 0 Å². The van der Waals surface area contributed by atoms with Crippen molar-refractivity contribution in [2.45, 2.75) is 24.8 Å². The lowest BCUT2D eigenvalue weighted by molar-refractivity contribution is -0.143. The lowest BCUT2D eigenvalue weighted by Crippen LogP contribution is -2.46. The molecule has 1 heterocycles. The largest absolute Gasteiger partial charge is 0.416 e. The lowest BCUT2D eigenvalue weighted by Gasteiger charge is -2.17. The van der Waals surface area contributed by atoms with Gasteiger partial charge < -0.3 is 11.1 Å². The summed E-state index contributed by atoms with van der Waals surface area (Å²) in [6.45, 7) is 0. The minimum absolute atomic E-state index is 0.109. The van der Waals surface area contributed by atoms with Gasteiger partial charge in [-0.2, -0.15) is 26.3 Å². The maximum atomic E-state index is 12.9. The molecule has 0 spiro atoms. The van der Waals surface area contributed by atoms with Crippen LogP contribution in [0.2, 0.25) is 5.15 Å². The fraction of sp³-hybridized carbons (Fsp3) is 0.235. The van der Waals surface area contributed by atoms with Gasteiger partial charge in [-0.1, -0.05) is 17.7 Å². The van der Waals surface area contributed by atoms with Crippen molar-refractivity contribution in [3.63, 3.8) is 0 Å². The van der Waals surface area contributed by atoms with Crippen LogP contribution in [0.1, 0.15) is 27.0 Å². The normalized spacial score (nSPS) is 13.1. The van der Waals surface area contributed by atoms with Gasteiger partial charge >= 0.3 is 12.4 Å². The number of alkyl halides is 6. The summed E-state index contributed by atoms with van der Waals surface area (Å²) in [7, 11) is 0. The molecule has 0 radical (unpaired) electrons. The third-order valence-electron chi connectivity index (χ3n) is 3.73. The second-order valence-electron chi connectivity index (χ2n) is 5.92. The minimum atomic E-state index is -5.12. The number of nitrogens with two attached hydrogens (primary N) is 1. The Morgan fingerprint density at radius 1 is 1.03 bits per heavy atom. The van der Waals surface area contributed by atoms with Crippen LogP contribution in [0.5, 0.6) is 0 Å². The molecule has 0 saturated carbocycles. The van der Waals surface area contributed by atoms with Crippen molar-refractivity contribution in [1.29, 1.82) is 0 Å². The quantitative estimate of drug-likeness (QED) is 0.551. The first-order valence-corrected chi connectivity index (χ1v) is 8.15. The van der Waals surface area contributed by atoms with Crippen LogP contribution in [0.3, 0.4) is 0 Å². The number of rotatable bonds is 5. The molecule has 3 N–H and O–H groups in total. The molecule has 2 aromatic rings. The highest BCUT2D eigenvalue weighted by Gasteiger charge is 2.37. The van der Waals surface area contributed by atoms with Crippen molar-refractivity contribution in [3.8, 4) is 0 Å². The van der Waals surface area contributed by atoms with Gasteiger partial charge in [0.05, 0.1) is 11.1 Å². The number of pyridine rings is 1. The summed E-state index contributed by atoms with van der Waals surface area (Å²) in [6, 6.07) is 1.85. The summed E-state index contributed by atoms with van der Waals surface area (Å²) in [5, 5.41) is 2.19. The van der Waals surface area contributed by atoms with Crippen LogP contribution in [0.4, 0.5) is 26.3 Å². The predicted octanol–water partition coefficient (Wildman–Crippen LogP) is 3.60. The number of nitrogens with one attached hydrogen (secondary N) is 1. The highest BCUT2D eigenvalue weighted by molar-refractivity contribution is 6.29. The highest BCUT2D eigenvalue weighted by Crippen LogP contribution is 2.36. The molecule has 0 saturated heterocycles. The average molecular weight is 440 g/mol. The Balaban J connectivity index is 2.33. The minimum Gasteiger partial charge on any atom is -0.368 e. The molecule has 12 heteroatoms. The maximum absolute atomic E-state index is 12.9. The fourth-order valence-electron chi connectivity index (χ4n) is 2.31. The van der Waals surface area contributed by atoms with Gasteiger partial charge in [0.2, 0.25) is 5.91 Å². The molecule has 1 atom stereocenters. The van der Waals surface area contributed by atoms with Gasteiger partial charge in [0.25, 0.3) is 5.91 Å². The van der Waals surface area contributed by atoms with Crippen molar-refractivity contribution in [2.75, 3.05) is 0 Å². The van der Waals surface area contributed by atoms with E-state index in [0.29, 0.717) is 5.56 Å². The van der Waals surface area contributed by atoms with Crippen molar-refractivity contribution in [2.24, 2.45) is 5.73 Å². The second kappa shape index (κ2) is 8.27. The zero-order valence-electron chi connectivity index (χ0n) is 14.2. The van der Waals surface area contributed by atoms with E-state index < -0.39 is 46.9 Å². The number of amides is 2. The summed E-state index contributed by atoms with van der Waals surface area (Å²) in [5.74, 6) is -2.37. The van der Waals surface area contributed by atoms with E-state index in [0.717, 1.165) is 0 Å². The third kappa shape index (κ3) is 6.08. The molecule has 0 aliphatic carbocycles. The summed E-state index contributed by atoms with van der Waals surface area (Å²) in [4.78, 5) is 27.6. The number of hydrogen-bond acceptors (Lipinski definition) is 3. The molecular formula is C17H12ClF6N3O2. The number of benzene rings is 1. The molecular weight excluding hydrogens is 428 g/mol. The number of carbonyl (C=O) groups excluding carboxylic acids is 2. The predicted molar refractivity (Wildman–Crippen MR) is 89.8 cm³/mol. The first kappa shape index (κ1) is 22.5. The average Bonchev–Trinajstić information content (AvgIpc) is 2.61. The zero-order chi connectivity index (χ0) is 22.0. The number of halogens is 7. The van der Waals surface area contributed by atoms with Gasteiger partial charge in [-0.3, -0.25) is 9.59 Å². The molecule has 2 rings (SSSR count). The SMILES string of the molecule is NC(=O)[C@H](Cc1ccc(Cl)nc1)NC(=O)c1cc(C(F)(F)F)cc(C(F)(F)F)c1. The summed E-state index contributed by atoms with van der Waals surface area (Å²) in [6.07, 6.45) is -9.16. The monoisotopic (exact) mass is 439 g/mol. The van der Waals surface area contributed by atoms with Gasteiger partial charge in [0, 0.05) is 18.2 Å². The van der Waals surface area contributed by atoms with E-state index in [1.807, 2.05) is 5.32 Å². The molecule has 5 nitrogen and oxygen atoms in total. The Morgan fingerprint density at radius 2 is 1.59 bits per heavy atom. The number of aromatic nitrogens is 1. The lowest BCUT2D eigenvalue weighted by atomic mass is 10.0. The van der Waals surface area contributed by atoms with Crippen LogP contribution in [0, 0.1) is 0 Å². The van der Waals surface area contributed by atoms with Gasteiger partial charge in [0.1, 0.15) is 11.2 Å². The molecule has 0 aliphatic rings. The molecule has 1 aromatic carbocycles. The Bertz CT molecular complexity index is 881. The van der Waals surface area contributed by atoms with E-state index in [2.05, 4.69) is 4.98 Å². The molecule has 29 heavy (non-hydrogen) atoms. The number of carbonyl (C=O) groups is 2. The fourth-order valence-corrected chi connectivity index (χ4v) is 2.43. The van der Waals surface area contributed by atoms with Crippen LogP contribution in [-0.2, 0) is 23.6 Å². The van der Waals surface area contributed by atoms with E-state index in [-0.39, 0.29) is 29.8 Å². The van der Waals surface area contributed by atoms with Crippen LogP contribution >= 0.6 is 11.6 Å². The van der Waals surface area contributed by atoms with Crippen molar-refractivity contribution < 1.29 is 35.9 Å².